The monoisotopic (exact) mass is 348 g/mol. The summed E-state index contributed by atoms with van der Waals surface area (Å²) in [7, 11) is 0. The van der Waals surface area contributed by atoms with Crippen molar-refractivity contribution in [1.29, 1.82) is 0 Å². The summed E-state index contributed by atoms with van der Waals surface area (Å²) in [6.07, 6.45) is 2.38. The van der Waals surface area contributed by atoms with Crippen LogP contribution in [0.2, 0.25) is 0 Å². The molecule has 3 rings (SSSR count). The van der Waals surface area contributed by atoms with Crippen LogP contribution in [0.4, 0.5) is 4.39 Å². The number of carbonyl (C=O) groups is 1. The molecule has 0 bridgehead atoms. The van der Waals surface area contributed by atoms with Crippen molar-refractivity contribution in [2.24, 2.45) is 0 Å². The van der Waals surface area contributed by atoms with Gasteiger partial charge in [-0.05, 0) is 20.3 Å². The second-order valence-corrected chi connectivity index (χ2v) is 6.14. The molecular formula is C17H21FN4O3. The van der Waals surface area contributed by atoms with E-state index in [0.717, 1.165) is 11.3 Å². The van der Waals surface area contributed by atoms with Crippen LogP contribution in [0.15, 0.2) is 10.9 Å². The summed E-state index contributed by atoms with van der Waals surface area (Å²) < 4.78 is 24.9. The lowest BCUT2D eigenvalue weighted by molar-refractivity contribution is -0.129. The topological polar surface area (TPSA) is 81.4 Å². The minimum Gasteiger partial charge on any atom is -0.470 e. The number of aromatic nitrogens is 3. The van der Waals surface area contributed by atoms with Gasteiger partial charge in [0, 0.05) is 18.5 Å². The molecule has 0 N–H and O–H groups in total. The Bertz CT molecular complexity index is 758. The smallest absolute Gasteiger partial charge is 0.254 e. The fourth-order valence-corrected chi connectivity index (χ4v) is 2.94. The maximum atomic E-state index is 14.2. The van der Waals surface area contributed by atoms with Gasteiger partial charge in [0.1, 0.15) is 18.2 Å². The summed E-state index contributed by atoms with van der Waals surface area (Å²) in [6, 6.07) is 0. The number of halogens is 1. The predicted octanol–water partition coefficient (Wildman–Crippen LogP) is 2.01. The molecule has 0 saturated carbocycles. The zero-order chi connectivity index (χ0) is 18.0. The quantitative estimate of drug-likeness (QED) is 0.822. The van der Waals surface area contributed by atoms with E-state index < -0.39 is 5.82 Å². The van der Waals surface area contributed by atoms with E-state index in [1.165, 1.54) is 6.33 Å². The summed E-state index contributed by atoms with van der Waals surface area (Å²) >= 11 is 0. The molecule has 2 aromatic rings. The predicted molar refractivity (Wildman–Crippen MR) is 86.7 cm³/mol. The minimum atomic E-state index is -0.523. The van der Waals surface area contributed by atoms with Crippen molar-refractivity contribution in [3.05, 3.63) is 34.9 Å². The Morgan fingerprint density at radius 2 is 2.24 bits per heavy atom. The number of carbonyl (C=O) groups excluding carboxylic acids is 1. The number of ether oxygens (including phenoxy) is 1. The number of rotatable bonds is 5. The molecule has 0 aromatic carbocycles. The van der Waals surface area contributed by atoms with Gasteiger partial charge in [-0.2, -0.15) is 9.37 Å². The van der Waals surface area contributed by atoms with E-state index in [-0.39, 0.29) is 24.3 Å². The molecule has 1 atom stereocenters. The Balaban J connectivity index is 1.61. The summed E-state index contributed by atoms with van der Waals surface area (Å²) in [5.74, 6) is 0.0771. The maximum Gasteiger partial charge on any atom is 0.254 e. The lowest BCUT2D eigenvalue weighted by Crippen LogP contribution is -2.32. The Morgan fingerprint density at radius 1 is 1.44 bits per heavy atom. The van der Waals surface area contributed by atoms with Crippen molar-refractivity contribution in [1.82, 2.24) is 20.0 Å². The fraction of sp³-hybridized carbons (Fsp3) is 0.529. The Morgan fingerprint density at radius 3 is 2.92 bits per heavy atom. The van der Waals surface area contributed by atoms with Crippen LogP contribution in [0.5, 0.6) is 5.88 Å². The van der Waals surface area contributed by atoms with Gasteiger partial charge in [0.25, 0.3) is 5.88 Å². The van der Waals surface area contributed by atoms with E-state index in [1.807, 2.05) is 13.8 Å². The van der Waals surface area contributed by atoms with Crippen molar-refractivity contribution < 1.29 is 18.4 Å². The summed E-state index contributed by atoms with van der Waals surface area (Å²) in [6.45, 7) is 6.41. The van der Waals surface area contributed by atoms with Crippen LogP contribution >= 0.6 is 0 Å². The highest BCUT2D eigenvalue weighted by atomic mass is 19.1. The van der Waals surface area contributed by atoms with E-state index in [0.29, 0.717) is 37.4 Å². The second-order valence-electron chi connectivity index (χ2n) is 6.14. The van der Waals surface area contributed by atoms with E-state index >= 15 is 0 Å². The largest absolute Gasteiger partial charge is 0.470 e. The zero-order valence-corrected chi connectivity index (χ0v) is 14.6. The molecular weight excluding hydrogens is 327 g/mol. The van der Waals surface area contributed by atoms with E-state index in [9.17, 15) is 9.18 Å². The standard InChI is InChI=1S/C17H21FN4O3/c1-4-14-16(18)17(20-9-19-14)24-12-5-6-22(8-12)15(23)7-13-10(2)21-25-11(13)3/h9,12H,4-8H2,1-3H3/t12-/m1/s1. The summed E-state index contributed by atoms with van der Waals surface area (Å²) in [5, 5.41) is 3.87. The number of hydrogen-bond donors (Lipinski definition) is 0. The van der Waals surface area contributed by atoms with E-state index in [1.54, 1.807) is 11.8 Å². The van der Waals surface area contributed by atoms with Gasteiger partial charge in [-0.1, -0.05) is 12.1 Å². The first-order chi connectivity index (χ1) is 12.0. The maximum absolute atomic E-state index is 14.2. The number of likely N-dealkylation sites (tertiary alicyclic amines) is 1. The zero-order valence-electron chi connectivity index (χ0n) is 14.6. The highest BCUT2D eigenvalue weighted by molar-refractivity contribution is 5.79. The molecule has 1 amide bonds. The van der Waals surface area contributed by atoms with Crippen LogP contribution in [-0.4, -0.2) is 45.1 Å². The minimum absolute atomic E-state index is 0.0158. The lowest BCUT2D eigenvalue weighted by Gasteiger charge is -2.17. The van der Waals surface area contributed by atoms with E-state index in [4.69, 9.17) is 9.26 Å². The molecule has 0 unspecified atom stereocenters. The van der Waals surface area contributed by atoms with Crippen LogP contribution < -0.4 is 4.74 Å². The highest BCUT2D eigenvalue weighted by Gasteiger charge is 2.29. The Kier molecular flexibility index (Phi) is 4.96. The molecule has 25 heavy (non-hydrogen) atoms. The van der Waals surface area contributed by atoms with Gasteiger partial charge in [-0.15, -0.1) is 0 Å². The van der Waals surface area contributed by atoms with Crippen molar-refractivity contribution in [3.63, 3.8) is 0 Å². The van der Waals surface area contributed by atoms with Gasteiger partial charge < -0.3 is 14.2 Å². The summed E-state index contributed by atoms with van der Waals surface area (Å²) in [4.78, 5) is 22.0. The van der Waals surface area contributed by atoms with Gasteiger partial charge in [0.2, 0.25) is 11.7 Å². The SMILES string of the molecule is CCc1ncnc(O[C@@H]2CCN(C(=O)Cc3c(C)noc3C)C2)c1F. The van der Waals surface area contributed by atoms with E-state index in [2.05, 4.69) is 15.1 Å². The Hall–Kier alpha value is -2.51. The molecule has 1 saturated heterocycles. The van der Waals surface area contributed by atoms with Gasteiger partial charge >= 0.3 is 0 Å². The fourth-order valence-electron chi connectivity index (χ4n) is 2.94. The average molecular weight is 348 g/mol. The molecule has 1 aliphatic heterocycles. The first kappa shape index (κ1) is 17.3. The van der Waals surface area contributed by atoms with Crippen LogP contribution in [-0.2, 0) is 17.6 Å². The molecule has 8 heteroatoms. The van der Waals surface area contributed by atoms with Crippen molar-refractivity contribution in [3.8, 4) is 5.88 Å². The van der Waals surface area contributed by atoms with Gasteiger partial charge in [-0.3, -0.25) is 4.79 Å². The third kappa shape index (κ3) is 3.62. The Labute approximate surface area is 145 Å². The van der Waals surface area contributed by atoms with Crippen molar-refractivity contribution >= 4 is 5.91 Å². The van der Waals surface area contributed by atoms with Crippen LogP contribution in [0, 0.1) is 19.7 Å². The molecule has 1 fully saturated rings. The molecule has 7 nitrogen and oxygen atoms in total. The number of hydrogen-bond acceptors (Lipinski definition) is 6. The molecule has 0 aliphatic carbocycles. The number of amides is 1. The van der Waals surface area contributed by atoms with Crippen molar-refractivity contribution in [2.45, 2.75) is 46.1 Å². The molecule has 0 spiro atoms. The van der Waals surface area contributed by atoms with Crippen molar-refractivity contribution in [2.75, 3.05) is 13.1 Å². The van der Waals surface area contributed by atoms with Crippen LogP contribution in [0.3, 0.4) is 0 Å². The third-order valence-electron chi connectivity index (χ3n) is 4.45. The van der Waals surface area contributed by atoms with Crippen LogP contribution in [0.25, 0.3) is 0 Å². The molecule has 1 aliphatic rings. The molecule has 0 radical (unpaired) electrons. The first-order valence-corrected chi connectivity index (χ1v) is 8.35. The second kappa shape index (κ2) is 7.16. The van der Waals surface area contributed by atoms with Gasteiger partial charge in [-0.25, -0.2) is 4.98 Å². The molecule has 134 valence electrons. The van der Waals surface area contributed by atoms with Gasteiger partial charge in [0.05, 0.1) is 24.4 Å². The lowest BCUT2D eigenvalue weighted by atomic mass is 10.1. The highest BCUT2D eigenvalue weighted by Crippen LogP contribution is 2.22. The van der Waals surface area contributed by atoms with Crippen LogP contribution in [0.1, 0.15) is 36.1 Å². The number of nitrogens with zero attached hydrogens (tertiary/aromatic N) is 4. The number of aryl methyl sites for hydroxylation is 3. The third-order valence-corrected chi connectivity index (χ3v) is 4.45. The normalized spacial score (nSPS) is 17.1. The summed E-state index contributed by atoms with van der Waals surface area (Å²) in [5.41, 5.74) is 1.88. The molecule has 3 heterocycles. The van der Waals surface area contributed by atoms with Gasteiger partial charge in [0.15, 0.2) is 0 Å². The first-order valence-electron chi connectivity index (χ1n) is 8.35. The molecule has 2 aromatic heterocycles. The average Bonchev–Trinajstić information content (AvgIpc) is 3.19.